The number of alkyl halides is 3. The standard InChI is InChI=1S/C19H15Cl2F3N2O4/c1-10(17(28)26-15-7-6-13(20)8-14(15)21)30-16(27)9-25-18(29)11-2-4-12(5-3-11)19(22,23)24/h2-8,10H,9H2,1H3,(H,25,29)(H,26,28). The summed E-state index contributed by atoms with van der Waals surface area (Å²) in [5.41, 5.74) is -0.706. The third-order valence-corrected chi connectivity index (χ3v) is 4.28. The molecule has 0 aromatic heterocycles. The molecule has 30 heavy (non-hydrogen) atoms. The molecule has 0 spiro atoms. The number of esters is 1. The van der Waals surface area contributed by atoms with Crippen LogP contribution in [0.5, 0.6) is 0 Å². The van der Waals surface area contributed by atoms with Crippen molar-refractivity contribution in [3.8, 4) is 0 Å². The van der Waals surface area contributed by atoms with Crippen molar-refractivity contribution in [2.75, 3.05) is 11.9 Å². The van der Waals surface area contributed by atoms with E-state index in [4.69, 9.17) is 27.9 Å². The van der Waals surface area contributed by atoms with E-state index >= 15 is 0 Å². The number of halogens is 5. The predicted octanol–water partition coefficient (Wildman–Crippen LogP) is 4.31. The highest BCUT2D eigenvalue weighted by molar-refractivity contribution is 6.36. The van der Waals surface area contributed by atoms with Crippen LogP contribution in [0, 0.1) is 0 Å². The lowest BCUT2D eigenvalue weighted by atomic mass is 10.1. The Morgan fingerprint density at radius 3 is 2.27 bits per heavy atom. The van der Waals surface area contributed by atoms with E-state index in [-0.39, 0.29) is 16.3 Å². The van der Waals surface area contributed by atoms with E-state index in [1.165, 1.54) is 25.1 Å². The molecule has 2 aromatic rings. The normalized spacial score (nSPS) is 12.1. The Hall–Kier alpha value is -2.78. The van der Waals surface area contributed by atoms with Gasteiger partial charge in [0.15, 0.2) is 6.10 Å². The second-order valence-electron chi connectivity index (χ2n) is 6.00. The zero-order valence-corrected chi connectivity index (χ0v) is 16.9. The van der Waals surface area contributed by atoms with E-state index < -0.39 is 42.2 Å². The molecule has 6 nitrogen and oxygen atoms in total. The zero-order chi connectivity index (χ0) is 22.5. The summed E-state index contributed by atoms with van der Waals surface area (Å²) in [5, 5.41) is 5.24. The van der Waals surface area contributed by atoms with Crippen molar-refractivity contribution in [3.05, 3.63) is 63.6 Å². The highest BCUT2D eigenvalue weighted by Crippen LogP contribution is 2.29. The molecule has 160 valence electrons. The van der Waals surface area contributed by atoms with Gasteiger partial charge in [0.1, 0.15) is 6.54 Å². The fraction of sp³-hybridized carbons (Fsp3) is 0.211. The molecule has 0 fully saturated rings. The topological polar surface area (TPSA) is 84.5 Å². The van der Waals surface area contributed by atoms with Gasteiger partial charge in [-0.25, -0.2) is 0 Å². The molecular formula is C19H15Cl2F3N2O4. The molecule has 0 saturated heterocycles. The van der Waals surface area contributed by atoms with Crippen LogP contribution in [0.15, 0.2) is 42.5 Å². The zero-order valence-electron chi connectivity index (χ0n) is 15.3. The molecule has 1 unspecified atom stereocenters. The Balaban J connectivity index is 1.84. The van der Waals surface area contributed by atoms with Gasteiger partial charge in [0.2, 0.25) is 0 Å². The predicted molar refractivity (Wildman–Crippen MR) is 104 cm³/mol. The lowest BCUT2D eigenvalue weighted by Crippen LogP contribution is -2.35. The summed E-state index contributed by atoms with van der Waals surface area (Å²) in [6.07, 6.45) is -5.72. The summed E-state index contributed by atoms with van der Waals surface area (Å²) in [6, 6.07) is 7.87. The molecule has 0 radical (unpaired) electrons. The number of ether oxygens (including phenoxy) is 1. The minimum Gasteiger partial charge on any atom is -0.451 e. The van der Waals surface area contributed by atoms with Gasteiger partial charge < -0.3 is 15.4 Å². The molecule has 0 saturated carbocycles. The van der Waals surface area contributed by atoms with Gasteiger partial charge in [0, 0.05) is 10.6 Å². The van der Waals surface area contributed by atoms with Crippen molar-refractivity contribution < 1.29 is 32.3 Å². The SMILES string of the molecule is CC(OC(=O)CNC(=O)c1ccc(C(F)(F)F)cc1)C(=O)Nc1ccc(Cl)cc1Cl. The molecule has 2 amide bonds. The van der Waals surface area contributed by atoms with Crippen molar-refractivity contribution >= 4 is 46.7 Å². The van der Waals surface area contributed by atoms with Crippen LogP contribution in [0.25, 0.3) is 0 Å². The number of anilines is 1. The first-order chi connectivity index (χ1) is 14.0. The van der Waals surface area contributed by atoms with Gasteiger partial charge in [0.25, 0.3) is 11.8 Å². The van der Waals surface area contributed by atoms with Crippen molar-refractivity contribution in [2.45, 2.75) is 19.2 Å². The van der Waals surface area contributed by atoms with Gasteiger partial charge >= 0.3 is 12.1 Å². The number of rotatable bonds is 6. The van der Waals surface area contributed by atoms with Crippen molar-refractivity contribution in [2.24, 2.45) is 0 Å². The van der Waals surface area contributed by atoms with Crippen LogP contribution in [0.2, 0.25) is 10.0 Å². The van der Waals surface area contributed by atoms with E-state index in [0.29, 0.717) is 5.02 Å². The van der Waals surface area contributed by atoms with Gasteiger partial charge in [-0.15, -0.1) is 0 Å². The third-order valence-electron chi connectivity index (χ3n) is 3.73. The average Bonchev–Trinajstić information content (AvgIpc) is 2.67. The number of benzene rings is 2. The summed E-state index contributed by atoms with van der Waals surface area (Å²) >= 11 is 11.7. The molecular weight excluding hydrogens is 448 g/mol. The molecule has 11 heteroatoms. The summed E-state index contributed by atoms with van der Waals surface area (Å²) in [5.74, 6) is -2.35. The summed E-state index contributed by atoms with van der Waals surface area (Å²) in [7, 11) is 0. The second kappa shape index (κ2) is 9.82. The van der Waals surface area contributed by atoms with Crippen molar-refractivity contribution in [1.29, 1.82) is 0 Å². The molecule has 0 aliphatic heterocycles. The Morgan fingerprint density at radius 1 is 1.07 bits per heavy atom. The average molecular weight is 463 g/mol. The van der Waals surface area contributed by atoms with Crippen LogP contribution >= 0.6 is 23.2 Å². The molecule has 0 aliphatic rings. The molecule has 2 aromatic carbocycles. The van der Waals surface area contributed by atoms with Crippen LogP contribution in [-0.2, 0) is 20.5 Å². The fourth-order valence-electron chi connectivity index (χ4n) is 2.18. The van der Waals surface area contributed by atoms with Gasteiger partial charge in [-0.2, -0.15) is 13.2 Å². The summed E-state index contributed by atoms with van der Waals surface area (Å²) in [6.45, 7) is 0.730. The number of carbonyl (C=O) groups is 3. The van der Waals surface area contributed by atoms with E-state index in [9.17, 15) is 27.6 Å². The lowest BCUT2D eigenvalue weighted by Gasteiger charge is -2.14. The first kappa shape index (κ1) is 23.5. The first-order valence-corrected chi connectivity index (χ1v) is 9.14. The maximum atomic E-state index is 12.5. The third kappa shape index (κ3) is 6.64. The van der Waals surface area contributed by atoms with Crippen molar-refractivity contribution in [1.82, 2.24) is 5.32 Å². The highest BCUT2D eigenvalue weighted by Gasteiger charge is 2.30. The number of hydrogen-bond acceptors (Lipinski definition) is 4. The molecule has 0 heterocycles. The number of nitrogens with one attached hydrogen (secondary N) is 2. The molecule has 0 aliphatic carbocycles. The molecule has 1 atom stereocenters. The Morgan fingerprint density at radius 2 is 1.70 bits per heavy atom. The van der Waals surface area contributed by atoms with E-state index in [0.717, 1.165) is 24.3 Å². The van der Waals surface area contributed by atoms with Crippen LogP contribution in [-0.4, -0.2) is 30.4 Å². The van der Waals surface area contributed by atoms with Crippen molar-refractivity contribution in [3.63, 3.8) is 0 Å². The largest absolute Gasteiger partial charge is 0.451 e. The minimum absolute atomic E-state index is 0.0704. The smallest absolute Gasteiger partial charge is 0.416 e. The van der Waals surface area contributed by atoms with E-state index in [1.807, 2.05) is 0 Å². The number of hydrogen-bond donors (Lipinski definition) is 2. The second-order valence-corrected chi connectivity index (χ2v) is 6.85. The van der Waals surface area contributed by atoms with E-state index in [1.54, 1.807) is 0 Å². The Labute approximate surface area is 179 Å². The number of carbonyl (C=O) groups excluding carboxylic acids is 3. The van der Waals surface area contributed by atoms with Crippen LogP contribution in [0.1, 0.15) is 22.8 Å². The van der Waals surface area contributed by atoms with Gasteiger partial charge in [-0.05, 0) is 49.4 Å². The first-order valence-electron chi connectivity index (χ1n) is 8.38. The fourth-order valence-corrected chi connectivity index (χ4v) is 2.64. The summed E-state index contributed by atoms with van der Waals surface area (Å²) in [4.78, 5) is 35.9. The Kier molecular flexibility index (Phi) is 7.69. The molecule has 2 rings (SSSR count). The lowest BCUT2D eigenvalue weighted by molar-refractivity contribution is -0.152. The number of amides is 2. The van der Waals surface area contributed by atoms with Gasteiger partial charge in [0.05, 0.1) is 16.3 Å². The maximum Gasteiger partial charge on any atom is 0.416 e. The van der Waals surface area contributed by atoms with Crippen LogP contribution < -0.4 is 10.6 Å². The minimum atomic E-state index is -4.52. The maximum absolute atomic E-state index is 12.5. The van der Waals surface area contributed by atoms with E-state index in [2.05, 4.69) is 10.6 Å². The van der Waals surface area contributed by atoms with Crippen LogP contribution in [0.4, 0.5) is 18.9 Å². The summed E-state index contributed by atoms with van der Waals surface area (Å²) < 4.78 is 42.5. The highest BCUT2D eigenvalue weighted by atomic mass is 35.5. The van der Waals surface area contributed by atoms with Gasteiger partial charge in [-0.1, -0.05) is 23.2 Å². The van der Waals surface area contributed by atoms with Gasteiger partial charge in [-0.3, -0.25) is 14.4 Å². The van der Waals surface area contributed by atoms with Crippen LogP contribution in [0.3, 0.4) is 0 Å². The molecule has 2 N–H and O–H groups in total. The molecule has 0 bridgehead atoms. The quantitative estimate of drug-likeness (QED) is 0.626. The monoisotopic (exact) mass is 462 g/mol. The Bertz CT molecular complexity index is 950.